The lowest BCUT2D eigenvalue weighted by Crippen LogP contribution is -2.47. The molecule has 4 nitrogen and oxygen atoms in total. The van der Waals surface area contributed by atoms with Crippen molar-refractivity contribution >= 4 is 17.2 Å². The number of rotatable bonds is 7. The molecule has 4 rings (SSSR count). The van der Waals surface area contributed by atoms with Crippen molar-refractivity contribution in [1.29, 1.82) is 0 Å². The van der Waals surface area contributed by atoms with Crippen LogP contribution in [0.25, 0.3) is 0 Å². The number of alkyl halides is 3. The van der Waals surface area contributed by atoms with Gasteiger partial charge in [-0.25, -0.2) is 0 Å². The SMILES string of the molecule is O=C(NC1CCN(CC(F)(F)F)CC1)c1csc(C2CC2NCC2CC2)c1. The maximum Gasteiger partial charge on any atom is 0.401 e. The molecule has 150 valence electrons. The van der Waals surface area contributed by atoms with E-state index in [1.165, 1.54) is 22.6 Å². The topological polar surface area (TPSA) is 44.4 Å². The molecule has 1 aromatic heterocycles. The standard InChI is InChI=1S/C19H26F3N3OS/c20-19(21,22)11-25-5-3-14(4-6-25)24-18(26)13-7-17(27-10-13)15-8-16(15)23-9-12-1-2-12/h7,10,12,14-16,23H,1-6,8-9,11H2,(H,24,26). The molecule has 27 heavy (non-hydrogen) atoms. The maximum atomic E-state index is 12.5. The zero-order valence-corrected chi connectivity index (χ0v) is 16.0. The molecule has 3 aliphatic rings. The highest BCUT2D eigenvalue weighted by Crippen LogP contribution is 2.44. The predicted octanol–water partition coefficient (Wildman–Crippen LogP) is 3.36. The van der Waals surface area contributed by atoms with E-state index in [2.05, 4.69) is 10.6 Å². The van der Waals surface area contributed by atoms with Crippen LogP contribution in [0.15, 0.2) is 11.4 Å². The van der Waals surface area contributed by atoms with E-state index in [4.69, 9.17) is 0 Å². The Balaban J connectivity index is 1.21. The third-order valence-electron chi connectivity index (χ3n) is 5.73. The average molecular weight is 401 g/mol. The van der Waals surface area contributed by atoms with Crippen molar-refractivity contribution in [2.75, 3.05) is 26.2 Å². The van der Waals surface area contributed by atoms with Gasteiger partial charge in [0.05, 0.1) is 12.1 Å². The summed E-state index contributed by atoms with van der Waals surface area (Å²) in [5.41, 5.74) is 0.681. The van der Waals surface area contributed by atoms with Crippen LogP contribution in [0.2, 0.25) is 0 Å². The van der Waals surface area contributed by atoms with E-state index in [9.17, 15) is 18.0 Å². The molecule has 1 amide bonds. The molecule has 2 saturated carbocycles. The smallest absolute Gasteiger partial charge is 0.349 e. The molecular weight excluding hydrogens is 375 g/mol. The number of carbonyl (C=O) groups excluding carboxylic acids is 1. The first-order valence-electron chi connectivity index (χ1n) is 9.79. The summed E-state index contributed by atoms with van der Waals surface area (Å²) in [6.45, 7) is 0.997. The predicted molar refractivity (Wildman–Crippen MR) is 99.2 cm³/mol. The van der Waals surface area contributed by atoms with Gasteiger partial charge < -0.3 is 10.6 Å². The fourth-order valence-corrected chi connectivity index (χ4v) is 4.87. The molecule has 0 radical (unpaired) electrons. The Hall–Kier alpha value is -1.12. The van der Waals surface area contributed by atoms with Crippen LogP contribution in [-0.4, -0.2) is 55.2 Å². The molecule has 2 aliphatic carbocycles. The van der Waals surface area contributed by atoms with Gasteiger partial charge in [-0.1, -0.05) is 0 Å². The quantitative estimate of drug-likeness (QED) is 0.736. The molecule has 1 aromatic rings. The number of hydrogen-bond acceptors (Lipinski definition) is 4. The largest absolute Gasteiger partial charge is 0.401 e. The summed E-state index contributed by atoms with van der Waals surface area (Å²) in [5.74, 6) is 1.30. The third-order valence-corrected chi connectivity index (χ3v) is 6.79. The van der Waals surface area contributed by atoms with Crippen molar-refractivity contribution in [3.05, 3.63) is 21.9 Å². The van der Waals surface area contributed by atoms with Gasteiger partial charge in [0.2, 0.25) is 0 Å². The average Bonchev–Trinajstić information content (AvgIpc) is 3.52. The van der Waals surface area contributed by atoms with Crippen molar-refractivity contribution in [1.82, 2.24) is 15.5 Å². The van der Waals surface area contributed by atoms with Crippen molar-refractivity contribution in [2.45, 2.75) is 56.3 Å². The summed E-state index contributed by atoms with van der Waals surface area (Å²) in [6.07, 6.45) is 0.818. The molecular formula is C19H26F3N3OS. The van der Waals surface area contributed by atoms with Crippen LogP contribution in [0.4, 0.5) is 13.2 Å². The number of piperidine rings is 1. The molecule has 2 atom stereocenters. The zero-order valence-electron chi connectivity index (χ0n) is 15.2. The lowest BCUT2D eigenvalue weighted by Gasteiger charge is -2.32. The second kappa shape index (κ2) is 7.72. The molecule has 1 saturated heterocycles. The number of likely N-dealkylation sites (tertiary alicyclic amines) is 1. The minimum atomic E-state index is -4.16. The Morgan fingerprint density at radius 1 is 1.22 bits per heavy atom. The van der Waals surface area contributed by atoms with E-state index in [0.29, 0.717) is 43.5 Å². The second-order valence-corrected chi connectivity index (χ2v) is 9.12. The van der Waals surface area contributed by atoms with Gasteiger partial charge in [0.1, 0.15) is 0 Å². The molecule has 3 fully saturated rings. The van der Waals surface area contributed by atoms with E-state index >= 15 is 0 Å². The maximum absolute atomic E-state index is 12.5. The second-order valence-electron chi connectivity index (χ2n) is 8.18. The summed E-state index contributed by atoms with van der Waals surface area (Å²) in [6, 6.07) is 2.50. The van der Waals surface area contributed by atoms with Gasteiger partial charge in [-0.05, 0) is 50.6 Å². The van der Waals surface area contributed by atoms with E-state index < -0.39 is 12.7 Å². The van der Waals surface area contributed by atoms with Crippen molar-refractivity contribution in [2.24, 2.45) is 5.92 Å². The van der Waals surface area contributed by atoms with Gasteiger partial charge in [0, 0.05) is 41.3 Å². The Morgan fingerprint density at radius 3 is 2.63 bits per heavy atom. The highest BCUT2D eigenvalue weighted by molar-refractivity contribution is 7.10. The van der Waals surface area contributed by atoms with Gasteiger partial charge in [-0.15, -0.1) is 11.3 Å². The van der Waals surface area contributed by atoms with Gasteiger partial charge in [-0.3, -0.25) is 9.69 Å². The van der Waals surface area contributed by atoms with Gasteiger partial charge in [0.15, 0.2) is 0 Å². The van der Waals surface area contributed by atoms with E-state index in [0.717, 1.165) is 18.9 Å². The Kier molecular flexibility index (Phi) is 5.49. The van der Waals surface area contributed by atoms with Crippen LogP contribution in [-0.2, 0) is 0 Å². The minimum Gasteiger partial charge on any atom is -0.349 e. The number of hydrogen-bond donors (Lipinski definition) is 2. The van der Waals surface area contributed by atoms with Gasteiger partial charge in [-0.2, -0.15) is 13.2 Å². The minimum absolute atomic E-state index is 0.0424. The molecule has 0 aromatic carbocycles. The van der Waals surface area contributed by atoms with Crippen molar-refractivity contribution in [3.63, 3.8) is 0 Å². The Bertz CT molecular complexity index is 665. The van der Waals surface area contributed by atoms with Crippen LogP contribution in [0, 0.1) is 5.92 Å². The summed E-state index contributed by atoms with van der Waals surface area (Å²) < 4.78 is 37.3. The molecule has 2 N–H and O–H groups in total. The van der Waals surface area contributed by atoms with Crippen LogP contribution < -0.4 is 10.6 Å². The zero-order chi connectivity index (χ0) is 19.0. The number of nitrogens with one attached hydrogen (secondary N) is 2. The molecule has 2 unspecified atom stereocenters. The van der Waals surface area contributed by atoms with Crippen molar-refractivity contribution < 1.29 is 18.0 Å². The number of amides is 1. The van der Waals surface area contributed by atoms with Gasteiger partial charge >= 0.3 is 6.18 Å². The summed E-state index contributed by atoms with van der Waals surface area (Å²) in [5, 5.41) is 8.51. The van der Waals surface area contributed by atoms with Crippen LogP contribution >= 0.6 is 11.3 Å². The summed E-state index contributed by atoms with van der Waals surface area (Å²) >= 11 is 1.64. The highest BCUT2D eigenvalue weighted by atomic mass is 32.1. The lowest BCUT2D eigenvalue weighted by atomic mass is 10.0. The normalized spacial score (nSPS) is 26.9. The Morgan fingerprint density at radius 2 is 1.96 bits per heavy atom. The fraction of sp³-hybridized carbons (Fsp3) is 0.737. The monoisotopic (exact) mass is 401 g/mol. The van der Waals surface area contributed by atoms with Crippen LogP contribution in [0.1, 0.15) is 53.3 Å². The van der Waals surface area contributed by atoms with E-state index in [1.54, 1.807) is 11.3 Å². The number of nitrogens with zero attached hydrogens (tertiary/aromatic N) is 1. The van der Waals surface area contributed by atoms with Crippen LogP contribution in [0.5, 0.6) is 0 Å². The van der Waals surface area contributed by atoms with E-state index in [1.807, 2.05) is 11.4 Å². The highest BCUT2D eigenvalue weighted by Gasteiger charge is 2.40. The Labute approximate surface area is 161 Å². The van der Waals surface area contributed by atoms with Gasteiger partial charge in [0.25, 0.3) is 5.91 Å². The van der Waals surface area contributed by atoms with E-state index in [-0.39, 0.29) is 11.9 Å². The molecule has 2 heterocycles. The summed E-state index contributed by atoms with van der Waals surface area (Å²) in [7, 11) is 0. The molecule has 0 bridgehead atoms. The number of carbonyl (C=O) groups is 1. The van der Waals surface area contributed by atoms with Crippen LogP contribution in [0.3, 0.4) is 0 Å². The molecule has 0 spiro atoms. The first kappa shape index (κ1) is 19.2. The first-order valence-corrected chi connectivity index (χ1v) is 10.7. The molecule has 8 heteroatoms. The lowest BCUT2D eigenvalue weighted by molar-refractivity contribution is -0.148. The summed E-state index contributed by atoms with van der Waals surface area (Å²) in [4.78, 5) is 15.1. The number of thiophene rings is 1. The molecule has 1 aliphatic heterocycles. The first-order chi connectivity index (χ1) is 12.9. The van der Waals surface area contributed by atoms with Crippen molar-refractivity contribution in [3.8, 4) is 0 Å². The fourth-order valence-electron chi connectivity index (χ4n) is 3.80. The number of halogens is 3. The third kappa shape index (κ3) is 5.45.